The Balaban J connectivity index is 1.61. The van der Waals surface area contributed by atoms with E-state index in [1.807, 2.05) is 30.3 Å². The second kappa shape index (κ2) is 8.76. The Kier molecular flexibility index (Phi) is 6.16. The van der Waals surface area contributed by atoms with Crippen molar-refractivity contribution in [3.8, 4) is 0 Å². The molecule has 2 aliphatic rings. The van der Waals surface area contributed by atoms with Gasteiger partial charge in [-0.2, -0.15) is 5.06 Å². The van der Waals surface area contributed by atoms with E-state index < -0.39 is 4.92 Å². The van der Waals surface area contributed by atoms with E-state index in [0.717, 1.165) is 24.9 Å². The van der Waals surface area contributed by atoms with Crippen molar-refractivity contribution in [2.45, 2.75) is 64.1 Å². The van der Waals surface area contributed by atoms with E-state index >= 15 is 0 Å². The van der Waals surface area contributed by atoms with Crippen LogP contribution in [0.4, 0.5) is 21.9 Å². The summed E-state index contributed by atoms with van der Waals surface area (Å²) >= 11 is 0. The number of rotatable bonds is 6. The Morgan fingerprint density at radius 1 is 0.970 bits per heavy atom. The molecule has 2 aromatic carbocycles. The number of carbonyl (C=O) groups excluding carboxylic acids is 1. The van der Waals surface area contributed by atoms with Gasteiger partial charge in [-0.3, -0.25) is 24.8 Å². The predicted octanol–water partition coefficient (Wildman–Crippen LogP) is 5.38. The lowest BCUT2D eigenvalue weighted by molar-refractivity contribution is -0.384. The standard InChI is InChI=1S/C25H32N4O4/c1-24(2)15-8-16-25(3,4)29(24)33-18-22-17-26(19-9-6-5-7-10-19)23(30)27(22)20-11-13-21(14-12-20)28(31)32/h5-7,9-14,22H,8,15-18H2,1-4H3. The van der Waals surface area contributed by atoms with Crippen LogP contribution in [0.5, 0.6) is 0 Å². The molecule has 0 spiro atoms. The number of benzene rings is 2. The minimum atomic E-state index is -0.438. The van der Waals surface area contributed by atoms with E-state index in [0.29, 0.717) is 18.8 Å². The number of hydrogen-bond donors (Lipinski definition) is 0. The Labute approximate surface area is 194 Å². The number of nitro groups is 1. The summed E-state index contributed by atoms with van der Waals surface area (Å²) in [5.41, 5.74) is 1.21. The number of nitrogens with zero attached hydrogens (tertiary/aromatic N) is 4. The fraction of sp³-hybridized carbons (Fsp3) is 0.480. The fourth-order valence-electron chi connectivity index (χ4n) is 5.15. The van der Waals surface area contributed by atoms with Crippen molar-refractivity contribution >= 4 is 23.1 Å². The second-order valence-corrected chi connectivity index (χ2v) is 10.1. The maximum Gasteiger partial charge on any atom is 0.329 e. The van der Waals surface area contributed by atoms with Gasteiger partial charge < -0.3 is 0 Å². The van der Waals surface area contributed by atoms with Crippen LogP contribution in [-0.2, 0) is 4.84 Å². The molecular formula is C25H32N4O4. The van der Waals surface area contributed by atoms with Crippen molar-refractivity contribution < 1.29 is 14.6 Å². The lowest BCUT2D eigenvalue weighted by atomic mass is 9.82. The molecule has 4 rings (SSSR count). The zero-order chi connectivity index (χ0) is 23.8. The summed E-state index contributed by atoms with van der Waals surface area (Å²) in [6.07, 6.45) is 3.24. The van der Waals surface area contributed by atoms with Gasteiger partial charge in [0.25, 0.3) is 5.69 Å². The molecular weight excluding hydrogens is 420 g/mol. The van der Waals surface area contributed by atoms with Crippen LogP contribution in [0.1, 0.15) is 47.0 Å². The normalized spacial score (nSPS) is 22.5. The molecule has 1 unspecified atom stereocenters. The highest BCUT2D eigenvalue weighted by Gasteiger charge is 2.45. The monoisotopic (exact) mass is 452 g/mol. The maximum absolute atomic E-state index is 13.5. The predicted molar refractivity (Wildman–Crippen MR) is 128 cm³/mol. The minimum absolute atomic E-state index is 0.00470. The quantitative estimate of drug-likeness (QED) is 0.434. The first-order valence-electron chi connectivity index (χ1n) is 11.4. The molecule has 0 radical (unpaired) electrons. The smallest absolute Gasteiger partial charge is 0.296 e. The molecule has 2 aromatic rings. The van der Waals surface area contributed by atoms with Gasteiger partial charge in [-0.15, -0.1) is 0 Å². The molecule has 0 aliphatic carbocycles. The molecule has 33 heavy (non-hydrogen) atoms. The van der Waals surface area contributed by atoms with Crippen molar-refractivity contribution in [1.82, 2.24) is 5.06 Å². The maximum atomic E-state index is 13.5. The highest BCUT2D eigenvalue weighted by molar-refractivity contribution is 6.06. The summed E-state index contributed by atoms with van der Waals surface area (Å²) < 4.78 is 0. The molecule has 0 saturated carbocycles. The number of hydrogen-bond acceptors (Lipinski definition) is 5. The molecule has 2 fully saturated rings. The topological polar surface area (TPSA) is 79.2 Å². The van der Waals surface area contributed by atoms with Crippen LogP contribution in [0.3, 0.4) is 0 Å². The van der Waals surface area contributed by atoms with Crippen LogP contribution in [0.15, 0.2) is 54.6 Å². The van der Waals surface area contributed by atoms with Crippen molar-refractivity contribution in [2.75, 3.05) is 23.0 Å². The van der Waals surface area contributed by atoms with E-state index in [9.17, 15) is 14.9 Å². The molecule has 2 amide bonds. The zero-order valence-corrected chi connectivity index (χ0v) is 19.7. The van der Waals surface area contributed by atoms with Gasteiger partial charge in [-0.05, 0) is 71.2 Å². The van der Waals surface area contributed by atoms with E-state index in [-0.39, 0.29) is 28.8 Å². The third-order valence-electron chi connectivity index (χ3n) is 6.67. The van der Waals surface area contributed by atoms with Gasteiger partial charge in [0.15, 0.2) is 0 Å². The third-order valence-corrected chi connectivity index (χ3v) is 6.67. The van der Waals surface area contributed by atoms with Gasteiger partial charge in [0.2, 0.25) is 0 Å². The lowest BCUT2D eigenvalue weighted by Crippen LogP contribution is -2.59. The van der Waals surface area contributed by atoms with Gasteiger partial charge in [0, 0.05) is 34.6 Å². The van der Waals surface area contributed by atoms with Crippen LogP contribution in [0, 0.1) is 10.1 Å². The van der Waals surface area contributed by atoms with Crippen LogP contribution in [0.2, 0.25) is 0 Å². The van der Waals surface area contributed by atoms with Crippen molar-refractivity contribution in [1.29, 1.82) is 0 Å². The summed E-state index contributed by atoms with van der Waals surface area (Å²) in [5, 5.41) is 13.2. The van der Waals surface area contributed by atoms with Gasteiger partial charge in [0.1, 0.15) is 0 Å². The third kappa shape index (κ3) is 4.58. The largest absolute Gasteiger partial charge is 0.329 e. The molecule has 2 heterocycles. The highest BCUT2D eigenvalue weighted by Crippen LogP contribution is 2.39. The number of hydroxylamine groups is 2. The summed E-state index contributed by atoms with van der Waals surface area (Å²) in [6.45, 7) is 9.57. The SMILES string of the molecule is CC1(C)CCCC(C)(C)N1OCC1CN(c2ccccc2)C(=O)N1c1ccc([N+](=O)[O-])cc1. The Morgan fingerprint density at radius 3 is 2.15 bits per heavy atom. The van der Waals surface area contributed by atoms with Crippen molar-refractivity contribution in [2.24, 2.45) is 0 Å². The molecule has 0 bridgehead atoms. The van der Waals surface area contributed by atoms with Crippen LogP contribution >= 0.6 is 0 Å². The van der Waals surface area contributed by atoms with Crippen molar-refractivity contribution in [3.05, 3.63) is 64.7 Å². The first-order chi connectivity index (χ1) is 15.6. The van der Waals surface area contributed by atoms with Gasteiger partial charge in [-0.1, -0.05) is 18.2 Å². The first kappa shape index (κ1) is 23.2. The average Bonchev–Trinajstić information content (AvgIpc) is 3.09. The number of amides is 2. The molecule has 8 nitrogen and oxygen atoms in total. The molecule has 1 atom stereocenters. The Bertz CT molecular complexity index is 991. The van der Waals surface area contributed by atoms with Crippen molar-refractivity contribution in [3.63, 3.8) is 0 Å². The van der Waals surface area contributed by atoms with Gasteiger partial charge in [-0.25, -0.2) is 4.79 Å². The summed E-state index contributed by atoms with van der Waals surface area (Å²) in [5.74, 6) is 0. The fourth-order valence-corrected chi connectivity index (χ4v) is 5.15. The Hall–Kier alpha value is -2.97. The van der Waals surface area contributed by atoms with Crippen LogP contribution in [-0.4, -0.2) is 46.3 Å². The number of carbonyl (C=O) groups is 1. The van der Waals surface area contributed by atoms with Gasteiger partial charge >= 0.3 is 6.03 Å². The highest BCUT2D eigenvalue weighted by atomic mass is 16.7. The van der Waals surface area contributed by atoms with Crippen LogP contribution < -0.4 is 9.80 Å². The number of para-hydroxylation sites is 1. The lowest BCUT2D eigenvalue weighted by Gasteiger charge is -2.51. The number of nitro benzene ring substituents is 1. The van der Waals surface area contributed by atoms with Crippen LogP contribution in [0.25, 0.3) is 0 Å². The van der Waals surface area contributed by atoms with E-state index in [1.165, 1.54) is 12.1 Å². The van der Waals surface area contributed by atoms with E-state index in [2.05, 4.69) is 32.8 Å². The molecule has 2 saturated heterocycles. The summed E-state index contributed by atoms with van der Waals surface area (Å²) in [6, 6.07) is 15.3. The first-order valence-corrected chi connectivity index (χ1v) is 11.4. The average molecular weight is 453 g/mol. The number of non-ortho nitro benzene ring substituents is 1. The second-order valence-electron chi connectivity index (χ2n) is 10.1. The summed E-state index contributed by atoms with van der Waals surface area (Å²) in [4.78, 5) is 34.0. The van der Waals surface area contributed by atoms with Gasteiger partial charge in [0.05, 0.1) is 24.1 Å². The number of urea groups is 1. The molecule has 0 N–H and O–H groups in total. The number of piperidine rings is 1. The Morgan fingerprint density at radius 2 is 1.58 bits per heavy atom. The minimum Gasteiger partial charge on any atom is -0.296 e. The van der Waals surface area contributed by atoms with E-state index in [4.69, 9.17) is 4.84 Å². The van der Waals surface area contributed by atoms with E-state index in [1.54, 1.807) is 21.9 Å². The zero-order valence-electron chi connectivity index (χ0n) is 19.7. The molecule has 0 aromatic heterocycles. The molecule has 8 heteroatoms. The molecule has 176 valence electrons. The number of anilines is 2. The molecule has 2 aliphatic heterocycles. The summed E-state index contributed by atoms with van der Waals surface area (Å²) in [7, 11) is 0.